The first-order valence-electron chi connectivity index (χ1n) is 5.55. The van der Waals surface area contributed by atoms with E-state index in [9.17, 15) is 4.79 Å². The Labute approximate surface area is 105 Å². The topological polar surface area (TPSA) is 64.3 Å². The summed E-state index contributed by atoms with van der Waals surface area (Å²) in [5, 5.41) is 0.603. The van der Waals surface area contributed by atoms with Gasteiger partial charge in [-0.25, -0.2) is 5.84 Å². The van der Waals surface area contributed by atoms with Crippen LogP contribution in [-0.2, 0) is 21.7 Å². The van der Waals surface area contributed by atoms with Gasteiger partial charge in [0.25, 0.3) is 0 Å². The summed E-state index contributed by atoms with van der Waals surface area (Å²) < 4.78 is 5.13. The second-order valence-electron chi connectivity index (χ2n) is 3.98. The maximum Gasteiger partial charge on any atom is 0.238 e. The van der Waals surface area contributed by atoms with Crippen LogP contribution in [0, 0.1) is 0 Å². The molecule has 1 aromatic rings. The van der Waals surface area contributed by atoms with Crippen LogP contribution in [0.1, 0.15) is 11.1 Å². The molecular formula is C12H16N2O2S. The lowest BCUT2D eigenvalue weighted by Crippen LogP contribution is -2.32. The molecule has 0 unspecified atom stereocenters. The van der Waals surface area contributed by atoms with E-state index < -0.39 is 0 Å². The maximum atomic E-state index is 11.3. The number of ether oxygens (including phenoxy) is 1. The summed E-state index contributed by atoms with van der Waals surface area (Å²) in [5.41, 5.74) is 4.41. The molecule has 1 amide bonds. The van der Waals surface area contributed by atoms with Crippen molar-refractivity contribution in [1.29, 1.82) is 0 Å². The van der Waals surface area contributed by atoms with Crippen LogP contribution in [-0.4, -0.2) is 24.4 Å². The number of rotatable bonds is 5. The number of thioether (sulfide) groups is 1. The minimum Gasteiger partial charge on any atom is -0.379 e. The monoisotopic (exact) mass is 252 g/mol. The van der Waals surface area contributed by atoms with E-state index in [-0.39, 0.29) is 5.91 Å². The van der Waals surface area contributed by atoms with Crippen LogP contribution in [0.5, 0.6) is 0 Å². The summed E-state index contributed by atoms with van der Waals surface area (Å²) in [4.78, 5) is 11.3. The molecule has 1 saturated heterocycles. The van der Waals surface area contributed by atoms with E-state index >= 15 is 0 Å². The van der Waals surface area contributed by atoms with Crippen molar-refractivity contribution >= 4 is 17.7 Å². The molecule has 0 spiro atoms. The number of amides is 1. The molecule has 1 fully saturated rings. The third-order valence-electron chi connectivity index (χ3n) is 2.71. The first-order valence-corrected chi connectivity index (χ1v) is 6.60. The lowest BCUT2D eigenvalue weighted by molar-refractivity contribution is -0.120. The van der Waals surface area contributed by atoms with Crippen LogP contribution in [0.3, 0.4) is 0 Å². The molecule has 0 atom stereocenters. The molecule has 5 heteroatoms. The van der Waals surface area contributed by atoms with Crippen LogP contribution in [0.25, 0.3) is 0 Å². The Kier molecular flexibility index (Phi) is 4.42. The molecule has 1 heterocycles. The predicted octanol–water partition coefficient (Wildman–Crippen LogP) is 0.851. The van der Waals surface area contributed by atoms with Gasteiger partial charge in [-0.2, -0.15) is 0 Å². The number of hydrazine groups is 1. The van der Waals surface area contributed by atoms with Crippen molar-refractivity contribution in [2.75, 3.05) is 13.2 Å². The summed E-state index contributed by atoms with van der Waals surface area (Å²) in [6, 6.07) is 7.98. The molecule has 0 radical (unpaired) electrons. The predicted molar refractivity (Wildman–Crippen MR) is 68.4 cm³/mol. The number of nitrogens with two attached hydrogens (primary N) is 1. The molecule has 0 saturated carbocycles. The summed E-state index contributed by atoms with van der Waals surface area (Å²) >= 11 is 1.88. The molecule has 1 aliphatic heterocycles. The van der Waals surface area contributed by atoms with Gasteiger partial charge in [-0.1, -0.05) is 24.3 Å². The molecule has 3 N–H and O–H groups in total. The Bertz CT molecular complexity index is 394. The van der Waals surface area contributed by atoms with E-state index in [0.29, 0.717) is 11.7 Å². The zero-order valence-electron chi connectivity index (χ0n) is 9.52. The lowest BCUT2D eigenvalue weighted by Gasteiger charge is -2.25. The Morgan fingerprint density at radius 1 is 1.41 bits per heavy atom. The van der Waals surface area contributed by atoms with Crippen LogP contribution >= 0.6 is 11.8 Å². The Morgan fingerprint density at radius 2 is 2.12 bits per heavy atom. The second-order valence-corrected chi connectivity index (χ2v) is 5.27. The van der Waals surface area contributed by atoms with Crippen molar-refractivity contribution in [2.45, 2.75) is 17.4 Å². The van der Waals surface area contributed by atoms with E-state index in [4.69, 9.17) is 10.6 Å². The number of nitrogens with one attached hydrogen (secondary N) is 1. The highest BCUT2D eigenvalue weighted by Gasteiger charge is 2.19. The fourth-order valence-corrected chi connectivity index (χ4v) is 2.69. The largest absolute Gasteiger partial charge is 0.379 e. The Morgan fingerprint density at radius 3 is 2.71 bits per heavy atom. The van der Waals surface area contributed by atoms with Gasteiger partial charge < -0.3 is 4.74 Å². The number of benzene rings is 1. The summed E-state index contributed by atoms with van der Waals surface area (Å²) in [6.45, 7) is 1.69. The van der Waals surface area contributed by atoms with Crippen LogP contribution in [0.2, 0.25) is 0 Å². The third-order valence-corrected chi connectivity index (χ3v) is 3.93. The zero-order chi connectivity index (χ0) is 12.1. The van der Waals surface area contributed by atoms with Crippen molar-refractivity contribution in [3.8, 4) is 0 Å². The molecular weight excluding hydrogens is 236 g/mol. The molecule has 1 aliphatic rings. The molecule has 4 nitrogen and oxygen atoms in total. The first-order chi connectivity index (χ1) is 8.29. The third kappa shape index (κ3) is 3.46. The quantitative estimate of drug-likeness (QED) is 0.463. The Hall–Kier alpha value is -1.04. The van der Waals surface area contributed by atoms with Crippen LogP contribution in [0.4, 0.5) is 0 Å². The molecule has 0 bridgehead atoms. The SMILES string of the molecule is NNC(=O)Cc1ccccc1CSC1COC1. The second kappa shape index (κ2) is 6.05. The van der Waals surface area contributed by atoms with Crippen molar-refractivity contribution in [2.24, 2.45) is 5.84 Å². The highest BCUT2D eigenvalue weighted by atomic mass is 32.2. The Balaban J connectivity index is 1.96. The van der Waals surface area contributed by atoms with Crippen molar-refractivity contribution in [3.63, 3.8) is 0 Å². The summed E-state index contributed by atoms with van der Waals surface area (Å²) in [5.74, 6) is 5.86. The van der Waals surface area contributed by atoms with Gasteiger partial charge in [0.2, 0.25) is 5.91 Å². The average Bonchev–Trinajstić information content (AvgIpc) is 2.29. The van der Waals surface area contributed by atoms with Crippen molar-refractivity contribution < 1.29 is 9.53 Å². The van der Waals surface area contributed by atoms with E-state index in [1.165, 1.54) is 5.56 Å². The van der Waals surface area contributed by atoms with Gasteiger partial charge in [0.05, 0.1) is 24.9 Å². The molecule has 17 heavy (non-hydrogen) atoms. The minimum absolute atomic E-state index is 0.158. The highest BCUT2D eigenvalue weighted by Crippen LogP contribution is 2.25. The van der Waals surface area contributed by atoms with E-state index in [2.05, 4.69) is 11.5 Å². The van der Waals surface area contributed by atoms with Crippen LogP contribution < -0.4 is 11.3 Å². The molecule has 0 aromatic heterocycles. The van der Waals surface area contributed by atoms with Gasteiger partial charge in [0.1, 0.15) is 0 Å². The van der Waals surface area contributed by atoms with Gasteiger partial charge in [0, 0.05) is 5.75 Å². The smallest absolute Gasteiger partial charge is 0.238 e. The molecule has 2 rings (SSSR count). The highest BCUT2D eigenvalue weighted by molar-refractivity contribution is 7.99. The number of hydrogen-bond donors (Lipinski definition) is 2. The fraction of sp³-hybridized carbons (Fsp3) is 0.417. The van der Waals surface area contributed by atoms with E-state index in [1.54, 1.807) is 0 Å². The van der Waals surface area contributed by atoms with Crippen molar-refractivity contribution in [1.82, 2.24) is 5.43 Å². The summed E-state index contributed by atoms with van der Waals surface area (Å²) in [6.07, 6.45) is 0.342. The van der Waals surface area contributed by atoms with Gasteiger partial charge in [-0.05, 0) is 11.1 Å². The molecule has 1 aromatic carbocycles. The minimum atomic E-state index is -0.158. The van der Waals surface area contributed by atoms with Gasteiger partial charge in [-0.3, -0.25) is 10.2 Å². The average molecular weight is 252 g/mol. The lowest BCUT2D eigenvalue weighted by atomic mass is 10.1. The fourth-order valence-electron chi connectivity index (χ4n) is 1.61. The van der Waals surface area contributed by atoms with Crippen molar-refractivity contribution in [3.05, 3.63) is 35.4 Å². The van der Waals surface area contributed by atoms with Crippen LogP contribution in [0.15, 0.2) is 24.3 Å². The number of carbonyl (C=O) groups is 1. The zero-order valence-corrected chi connectivity index (χ0v) is 10.3. The number of carbonyl (C=O) groups excluding carboxylic acids is 1. The standard InChI is InChI=1S/C12H16N2O2S/c13-14-12(15)5-9-3-1-2-4-10(9)8-17-11-6-16-7-11/h1-4,11H,5-8,13H2,(H,14,15). The maximum absolute atomic E-state index is 11.3. The van der Waals surface area contributed by atoms with Gasteiger partial charge >= 0.3 is 0 Å². The van der Waals surface area contributed by atoms with Gasteiger partial charge in [0.15, 0.2) is 0 Å². The first kappa shape index (κ1) is 12.4. The normalized spacial score (nSPS) is 15.4. The van der Waals surface area contributed by atoms with Gasteiger partial charge in [-0.15, -0.1) is 11.8 Å². The van der Waals surface area contributed by atoms with E-state index in [0.717, 1.165) is 24.5 Å². The van der Waals surface area contributed by atoms with E-state index in [1.807, 2.05) is 30.0 Å². The molecule has 0 aliphatic carbocycles. The number of hydrogen-bond acceptors (Lipinski definition) is 4. The summed E-state index contributed by atoms with van der Waals surface area (Å²) in [7, 11) is 0. The molecule has 92 valence electrons.